The van der Waals surface area contributed by atoms with Crippen molar-refractivity contribution in [1.29, 1.82) is 0 Å². The van der Waals surface area contributed by atoms with E-state index in [9.17, 15) is 4.79 Å². The van der Waals surface area contributed by atoms with Gasteiger partial charge in [0.25, 0.3) is 0 Å². The lowest BCUT2D eigenvalue weighted by molar-refractivity contribution is -0.123. The Kier molecular flexibility index (Phi) is 3.34. The topological polar surface area (TPSA) is 29.1 Å². The molecule has 0 aromatic rings. The van der Waals surface area contributed by atoms with Crippen LogP contribution in [0.1, 0.15) is 51.4 Å². The molecule has 3 aliphatic rings. The van der Waals surface area contributed by atoms with Crippen molar-refractivity contribution in [3.05, 3.63) is 0 Å². The molecular formula is C14H22ClNO. The third kappa shape index (κ3) is 2.33. The summed E-state index contributed by atoms with van der Waals surface area (Å²) in [6.07, 6.45) is 9.72. The van der Waals surface area contributed by atoms with Crippen LogP contribution in [0.5, 0.6) is 0 Å². The van der Waals surface area contributed by atoms with Crippen LogP contribution < -0.4 is 5.32 Å². The number of carbonyl (C=O) groups is 1. The van der Waals surface area contributed by atoms with E-state index < -0.39 is 0 Å². The first-order chi connectivity index (χ1) is 8.27. The molecule has 3 aliphatic carbocycles. The van der Waals surface area contributed by atoms with Crippen LogP contribution in [-0.4, -0.2) is 17.3 Å². The number of alkyl halides is 1. The average Bonchev–Trinajstić information content (AvgIpc) is 2.89. The Bertz CT molecular complexity index is 297. The molecule has 0 aromatic carbocycles. The van der Waals surface area contributed by atoms with Crippen LogP contribution in [0.2, 0.25) is 0 Å². The lowest BCUT2D eigenvalue weighted by atomic mass is 10.1. The summed E-state index contributed by atoms with van der Waals surface area (Å²) in [4.78, 5) is 12.2. The lowest BCUT2D eigenvalue weighted by Gasteiger charge is -2.21. The predicted octanol–water partition coefficient (Wildman–Crippen LogP) is 3.09. The van der Waals surface area contributed by atoms with Crippen LogP contribution in [0, 0.1) is 17.8 Å². The monoisotopic (exact) mass is 255 g/mol. The number of halogens is 1. The Labute approximate surface area is 108 Å². The first-order valence-electron chi connectivity index (χ1n) is 7.22. The molecule has 3 rings (SSSR count). The van der Waals surface area contributed by atoms with Crippen molar-refractivity contribution in [2.24, 2.45) is 17.8 Å². The number of nitrogens with one attached hydrogen (secondary N) is 1. The Morgan fingerprint density at radius 1 is 0.941 bits per heavy atom. The van der Waals surface area contributed by atoms with Crippen LogP contribution in [-0.2, 0) is 4.79 Å². The summed E-state index contributed by atoms with van der Waals surface area (Å²) >= 11 is 6.36. The molecule has 0 aliphatic heterocycles. The van der Waals surface area contributed by atoms with Crippen molar-refractivity contribution < 1.29 is 4.79 Å². The lowest BCUT2D eigenvalue weighted by Crippen LogP contribution is -2.41. The van der Waals surface area contributed by atoms with E-state index in [0.29, 0.717) is 11.8 Å². The second-order valence-electron chi connectivity index (χ2n) is 6.05. The van der Waals surface area contributed by atoms with E-state index >= 15 is 0 Å². The van der Waals surface area contributed by atoms with Crippen molar-refractivity contribution in [1.82, 2.24) is 5.32 Å². The van der Waals surface area contributed by atoms with Gasteiger partial charge in [-0.05, 0) is 37.5 Å². The molecule has 2 nitrogen and oxygen atoms in total. The van der Waals surface area contributed by atoms with Crippen LogP contribution in [0.25, 0.3) is 0 Å². The van der Waals surface area contributed by atoms with Crippen molar-refractivity contribution in [2.45, 2.75) is 62.8 Å². The fourth-order valence-corrected chi connectivity index (χ4v) is 4.26. The molecule has 4 unspecified atom stereocenters. The summed E-state index contributed by atoms with van der Waals surface area (Å²) < 4.78 is 0. The maximum atomic E-state index is 12.2. The number of carbonyl (C=O) groups excluding carboxylic acids is 1. The highest BCUT2D eigenvalue weighted by Crippen LogP contribution is 2.57. The molecule has 4 atom stereocenters. The zero-order chi connectivity index (χ0) is 11.8. The van der Waals surface area contributed by atoms with Gasteiger partial charge >= 0.3 is 0 Å². The highest BCUT2D eigenvalue weighted by atomic mass is 35.5. The van der Waals surface area contributed by atoms with Gasteiger partial charge in [0.05, 0.1) is 5.38 Å². The van der Waals surface area contributed by atoms with E-state index in [1.165, 1.54) is 38.5 Å². The van der Waals surface area contributed by atoms with Crippen LogP contribution in [0.3, 0.4) is 0 Å². The third-order valence-electron chi connectivity index (χ3n) is 4.97. The van der Waals surface area contributed by atoms with Gasteiger partial charge in [-0.2, -0.15) is 0 Å². The maximum absolute atomic E-state index is 12.2. The second kappa shape index (κ2) is 4.79. The van der Waals surface area contributed by atoms with E-state index in [1.54, 1.807) is 0 Å². The van der Waals surface area contributed by atoms with Gasteiger partial charge in [0, 0.05) is 12.0 Å². The zero-order valence-corrected chi connectivity index (χ0v) is 11.1. The minimum atomic E-state index is 0.153. The molecule has 0 radical (unpaired) electrons. The van der Waals surface area contributed by atoms with E-state index in [2.05, 4.69) is 5.32 Å². The van der Waals surface area contributed by atoms with Gasteiger partial charge in [0.1, 0.15) is 0 Å². The summed E-state index contributed by atoms with van der Waals surface area (Å²) in [5.41, 5.74) is 0. The fraction of sp³-hybridized carbons (Fsp3) is 0.929. The standard InChI is InChI=1S/C14H22ClNO/c15-11-7-2-1-3-8-12(11)16-14(17)13-9-5-4-6-10(9)13/h9-13H,1-8H2,(H,16,17). The third-order valence-corrected chi connectivity index (χ3v) is 5.49. The highest BCUT2D eigenvalue weighted by Gasteiger charge is 2.56. The molecule has 96 valence electrons. The molecule has 3 fully saturated rings. The van der Waals surface area contributed by atoms with Crippen molar-refractivity contribution in [2.75, 3.05) is 0 Å². The smallest absolute Gasteiger partial charge is 0.223 e. The van der Waals surface area contributed by atoms with Crippen molar-refractivity contribution in [3.8, 4) is 0 Å². The van der Waals surface area contributed by atoms with Gasteiger partial charge in [-0.25, -0.2) is 0 Å². The number of fused-ring (bicyclic) bond motifs is 1. The van der Waals surface area contributed by atoms with Crippen LogP contribution in [0.4, 0.5) is 0 Å². The molecule has 3 saturated carbocycles. The zero-order valence-electron chi connectivity index (χ0n) is 10.3. The van der Waals surface area contributed by atoms with Gasteiger partial charge in [-0.1, -0.05) is 25.7 Å². The van der Waals surface area contributed by atoms with Crippen LogP contribution >= 0.6 is 11.6 Å². The van der Waals surface area contributed by atoms with E-state index in [-0.39, 0.29) is 11.4 Å². The molecule has 17 heavy (non-hydrogen) atoms. The van der Waals surface area contributed by atoms with Gasteiger partial charge < -0.3 is 5.32 Å². The number of amides is 1. The molecule has 0 bridgehead atoms. The number of rotatable bonds is 2. The maximum Gasteiger partial charge on any atom is 0.223 e. The Morgan fingerprint density at radius 2 is 1.65 bits per heavy atom. The molecule has 1 N–H and O–H groups in total. The Morgan fingerprint density at radius 3 is 2.41 bits per heavy atom. The first-order valence-corrected chi connectivity index (χ1v) is 7.65. The SMILES string of the molecule is O=C(NC1CCCCCC1Cl)C1C2CCCC21. The van der Waals surface area contributed by atoms with E-state index in [1.807, 2.05) is 0 Å². The largest absolute Gasteiger partial charge is 0.352 e. The predicted molar refractivity (Wildman–Crippen MR) is 69.0 cm³/mol. The number of hydrogen-bond donors (Lipinski definition) is 1. The molecular weight excluding hydrogens is 234 g/mol. The summed E-state index contributed by atoms with van der Waals surface area (Å²) in [6.45, 7) is 0. The minimum absolute atomic E-state index is 0.153. The highest BCUT2D eigenvalue weighted by molar-refractivity contribution is 6.21. The summed E-state index contributed by atoms with van der Waals surface area (Å²) in [6, 6.07) is 0.230. The first kappa shape index (κ1) is 11.8. The summed E-state index contributed by atoms with van der Waals surface area (Å²) in [7, 11) is 0. The Balaban J connectivity index is 1.53. The van der Waals surface area contributed by atoms with Crippen LogP contribution in [0.15, 0.2) is 0 Å². The molecule has 0 heterocycles. The summed E-state index contributed by atoms with van der Waals surface area (Å²) in [5, 5.41) is 3.38. The van der Waals surface area contributed by atoms with Gasteiger partial charge in [-0.3, -0.25) is 4.79 Å². The second-order valence-corrected chi connectivity index (χ2v) is 6.61. The Hall–Kier alpha value is -0.240. The molecule has 3 heteroatoms. The summed E-state index contributed by atoms with van der Waals surface area (Å²) in [5.74, 6) is 2.08. The fourth-order valence-electron chi connectivity index (χ4n) is 3.91. The normalized spacial score (nSPS) is 44.9. The van der Waals surface area contributed by atoms with Gasteiger partial charge in [-0.15, -0.1) is 11.6 Å². The van der Waals surface area contributed by atoms with Crippen molar-refractivity contribution >= 4 is 17.5 Å². The minimum Gasteiger partial charge on any atom is -0.352 e. The average molecular weight is 256 g/mol. The quantitative estimate of drug-likeness (QED) is 0.596. The van der Waals surface area contributed by atoms with Gasteiger partial charge in [0.15, 0.2) is 0 Å². The molecule has 0 spiro atoms. The molecule has 1 amide bonds. The van der Waals surface area contributed by atoms with Gasteiger partial charge in [0.2, 0.25) is 5.91 Å². The van der Waals surface area contributed by atoms with Crippen molar-refractivity contribution in [3.63, 3.8) is 0 Å². The number of hydrogen-bond acceptors (Lipinski definition) is 1. The van der Waals surface area contributed by atoms with E-state index in [0.717, 1.165) is 24.7 Å². The molecule has 0 aromatic heterocycles. The van der Waals surface area contributed by atoms with E-state index in [4.69, 9.17) is 11.6 Å². The molecule has 0 saturated heterocycles.